The Kier molecular flexibility index (Phi) is 11.4. The van der Waals surface area contributed by atoms with Gasteiger partial charge < -0.3 is 0 Å². The summed E-state index contributed by atoms with van der Waals surface area (Å²) in [6, 6.07) is 6.52. The molecule has 0 nitrogen and oxygen atoms in total. The minimum absolute atomic E-state index is 0. The summed E-state index contributed by atoms with van der Waals surface area (Å²) >= 11 is 0. The molecule has 0 fully saturated rings. The van der Waals surface area contributed by atoms with Crippen molar-refractivity contribution in [2.45, 2.75) is 54.9 Å². The van der Waals surface area contributed by atoms with Gasteiger partial charge in [-0.3, -0.25) is 0 Å². The Morgan fingerprint density at radius 1 is 1.12 bits per heavy atom. The fraction of sp³-hybridized carbons (Fsp3) is 0.500. The average molecular weight is 220 g/mol. The molecular formula is C16H28. The maximum absolute atomic E-state index is 2.24. The molecule has 0 aliphatic heterocycles. The molecule has 0 saturated heterocycles. The third-order valence-electron chi connectivity index (χ3n) is 2.32. The summed E-state index contributed by atoms with van der Waals surface area (Å²) in [7, 11) is 0. The summed E-state index contributed by atoms with van der Waals surface area (Å²) < 4.78 is 0. The quantitative estimate of drug-likeness (QED) is 0.618. The summed E-state index contributed by atoms with van der Waals surface area (Å²) in [6.45, 7) is 10.5. The number of benzene rings is 1. The van der Waals surface area contributed by atoms with E-state index in [-0.39, 0.29) is 7.43 Å². The number of hydrogen-bond donors (Lipinski definition) is 0. The molecule has 0 saturated carbocycles. The Labute approximate surface area is 102 Å². The minimum Gasteiger partial charge on any atom is -0.0842 e. The minimum atomic E-state index is 0. The van der Waals surface area contributed by atoms with Crippen molar-refractivity contribution < 1.29 is 0 Å². The van der Waals surface area contributed by atoms with Crippen molar-refractivity contribution in [3.63, 3.8) is 0 Å². The van der Waals surface area contributed by atoms with Gasteiger partial charge in [0.1, 0.15) is 0 Å². The van der Waals surface area contributed by atoms with Gasteiger partial charge in [-0.15, -0.1) is 0 Å². The van der Waals surface area contributed by atoms with E-state index in [4.69, 9.17) is 0 Å². The van der Waals surface area contributed by atoms with Crippen LogP contribution in [0.1, 0.15) is 58.2 Å². The smallest absolute Gasteiger partial charge is 0.0199 e. The monoisotopic (exact) mass is 220 g/mol. The second kappa shape index (κ2) is 10.5. The Hall–Kier alpha value is -1.04. The molecular weight excluding hydrogens is 192 g/mol. The molecule has 0 bridgehead atoms. The van der Waals surface area contributed by atoms with Gasteiger partial charge in [-0.1, -0.05) is 65.5 Å². The van der Waals surface area contributed by atoms with Crippen LogP contribution in [0.15, 0.2) is 24.3 Å². The fourth-order valence-corrected chi connectivity index (χ4v) is 1.52. The summed E-state index contributed by atoms with van der Waals surface area (Å²) in [5.74, 6) is 0. The highest BCUT2D eigenvalue weighted by atomic mass is 14.0. The Balaban J connectivity index is 0. The molecule has 0 N–H and O–H groups in total. The van der Waals surface area contributed by atoms with Crippen LogP contribution in [0.25, 0.3) is 6.08 Å². The van der Waals surface area contributed by atoms with Crippen LogP contribution in [0.5, 0.6) is 0 Å². The van der Waals surface area contributed by atoms with Crippen molar-refractivity contribution in [2.75, 3.05) is 0 Å². The molecule has 1 aromatic carbocycles. The van der Waals surface area contributed by atoms with Gasteiger partial charge in [0.2, 0.25) is 0 Å². The second-order valence-corrected chi connectivity index (χ2v) is 3.31. The molecule has 1 aromatic rings. The zero-order valence-corrected chi connectivity index (χ0v) is 10.8. The molecule has 0 amide bonds. The standard InChI is InChI=1S/C13H18.C2H6.CH4/c1-4-6-10-13-11(3)8-7-9-12(13)5-2;1-2;/h6-10H,4-5H2,1-3H3;1-2H3;1H4/b10-6-;;. The van der Waals surface area contributed by atoms with Crippen LogP contribution in [0.4, 0.5) is 0 Å². The third-order valence-corrected chi connectivity index (χ3v) is 2.32. The molecule has 0 radical (unpaired) electrons. The molecule has 0 aliphatic rings. The van der Waals surface area contributed by atoms with E-state index in [2.05, 4.69) is 51.1 Å². The SMILES string of the molecule is C.CC.CC/C=C\c1c(C)cccc1CC. The largest absolute Gasteiger partial charge is 0.0842 e. The topological polar surface area (TPSA) is 0 Å². The van der Waals surface area contributed by atoms with Gasteiger partial charge in [-0.25, -0.2) is 0 Å². The predicted octanol–water partition coefficient (Wildman–Crippen LogP) is 5.64. The van der Waals surface area contributed by atoms with Crippen LogP contribution in [-0.2, 0) is 6.42 Å². The third kappa shape index (κ3) is 5.16. The molecule has 0 heteroatoms. The van der Waals surface area contributed by atoms with E-state index < -0.39 is 0 Å². The van der Waals surface area contributed by atoms with E-state index in [1.807, 2.05) is 13.8 Å². The maximum Gasteiger partial charge on any atom is -0.0199 e. The number of hydrogen-bond acceptors (Lipinski definition) is 0. The molecule has 0 unspecified atom stereocenters. The molecule has 0 heterocycles. The highest BCUT2D eigenvalue weighted by Gasteiger charge is 1.98. The van der Waals surface area contributed by atoms with Crippen LogP contribution in [0.2, 0.25) is 0 Å². The van der Waals surface area contributed by atoms with Gasteiger partial charge >= 0.3 is 0 Å². The van der Waals surface area contributed by atoms with Gasteiger partial charge in [0.25, 0.3) is 0 Å². The first-order valence-electron chi connectivity index (χ1n) is 6.04. The first-order valence-corrected chi connectivity index (χ1v) is 6.04. The van der Waals surface area contributed by atoms with Crippen LogP contribution in [-0.4, -0.2) is 0 Å². The summed E-state index contributed by atoms with van der Waals surface area (Å²) in [4.78, 5) is 0. The van der Waals surface area contributed by atoms with Crippen LogP contribution >= 0.6 is 0 Å². The van der Waals surface area contributed by atoms with E-state index in [0.717, 1.165) is 12.8 Å². The Morgan fingerprint density at radius 2 is 1.75 bits per heavy atom. The van der Waals surface area contributed by atoms with Gasteiger partial charge in [-0.2, -0.15) is 0 Å². The number of aryl methyl sites for hydroxylation is 2. The first-order chi connectivity index (χ1) is 7.29. The lowest BCUT2D eigenvalue weighted by atomic mass is 9.99. The fourth-order valence-electron chi connectivity index (χ4n) is 1.52. The molecule has 0 aromatic heterocycles. The molecule has 1 rings (SSSR count). The second-order valence-electron chi connectivity index (χ2n) is 3.31. The molecule has 16 heavy (non-hydrogen) atoms. The summed E-state index contributed by atoms with van der Waals surface area (Å²) in [5.41, 5.74) is 4.24. The summed E-state index contributed by atoms with van der Waals surface area (Å²) in [6.07, 6.45) is 6.69. The van der Waals surface area contributed by atoms with Crippen LogP contribution in [0, 0.1) is 6.92 Å². The number of allylic oxidation sites excluding steroid dienone is 1. The Bertz CT molecular complexity index is 295. The van der Waals surface area contributed by atoms with Crippen LogP contribution in [0.3, 0.4) is 0 Å². The lowest BCUT2D eigenvalue weighted by Gasteiger charge is -2.06. The van der Waals surface area contributed by atoms with Crippen molar-refractivity contribution >= 4 is 6.08 Å². The van der Waals surface area contributed by atoms with E-state index in [0.29, 0.717) is 0 Å². The molecule has 92 valence electrons. The predicted molar refractivity (Wildman–Crippen MR) is 78.0 cm³/mol. The van der Waals surface area contributed by atoms with Gasteiger partial charge in [-0.05, 0) is 36.5 Å². The normalized spacial score (nSPS) is 9.31. The molecule has 0 atom stereocenters. The van der Waals surface area contributed by atoms with Gasteiger partial charge in [0.15, 0.2) is 0 Å². The van der Waals surface area contributed by atoms with Crippen molar-refractivity contribution in [1.82, 2.24) is 0 Å². The van der Waals surface area contributed by atoms with E-state index in [1.165, 1.54) is 16.7 Å². The van der Waals surface area contributed by atoms with Crippen molar-refractivity contribution in [1.29, 1.82) is 0 Å². The zero-order valence-electron chi connectivity index (χ0n) is 10.8. The van der Waals surface area contributed by atoms with Crippen molar-refractivity contribution in [3.8, 4) is 0 Å². The maximum atomic E-state index is 2.24. The van der Waals surface area contributed by atoms with Crippen molar-refractivity contribution in [2.24, 2.45) is 0 Å². The average Bonchev–Trinajstić information content (AvgIpc) is 2.30. The van der Waals surface area contributed by atoms with Gasteiger partial charge in [0.05, 0.1) is 0 Å². The van der Waals surface area contributed by atoms with Crippen molar-refractivity contribution in [3.05, 3.63) is 41.0 Å². The molecule has 0 spiro atoms. The van der Waals surface area contributed by atoms with Gasteiger partial charge in [0, 0.05) is 0 Å². The highest BCUT2D eigenvalue weighted by Crippen LogP contribution is 2.16. The molecule has 0 aliphatic carbocycles. The van der Waals surface area contributed by atoms with E-state index >= 15 is 0 Å². The zero-order chi connectivity index (χ0) is 11.7. The lowest BCUT2D eigenvalue weighted by Crippen LogP contribution is -1.89. The Morgan fingerprint density at radius 3 is 2.25 bits per heavy atom. The highest BCUT2D eigenvalue weighted by molar-refractivity contribution is 5.57. The first kappa shape index (κ1) is 17.4. The van der Waals surface area contributed by atoms with E-state index in [9.17, 15) is 0 Å². The van der Waals surface area contributed by atoms with E-state index in [1.54, 1.807) is 0 Å². The lowest BCUT2D eigenvalue weighted by molar-refractivity contribution is 1.12. The summed E-state index contributed by atoms with van der Waals surface area (Å²) in [5, 5.41) is 0. The number of rotatable bonds is 3. The van der Waals surface area contributed by atoms with Crippen LogP contribution < -0.4 is 0 Å².